The van der Waals surface area contributed by atoms with Crippen molar-refractivity contribution in [2.75, 3.05) is 20.3 Å². The number of ether oxygens (including phenoxy) is 1. The van der Waals surface area contributed by atoms with Gasteiger partial charge in [0.05, 0.1) is 6.61 Å². The molecule has 2 heteroatoms. The Bertz CT molecular complexity index is 133. The van der Waals surface area contributed by atoms with Crippen molar-refractivity contribution in [3.63, 3.8) is 0 Å². The van der Waals surface area contributed by atoms with Crippen molar-refractivity contribution in [3.8, 4) is 0 Å². The van der Waals surface area contributed by atoms with Gasteiger partial charge in [-0.2, -0.15) is 0 Å². The lowest BCUT2D eigenvalue weighted by molar-refractivity contribution is 0.149. The third kappa shape index (κ3) is 2.20. The fourth-order valence-corrected chi connectivity index (χ4v) is 2.19. The van der Waals surface area contributed by atoms with Gasteiger partial charge in [-0.1, -0.05) is 20.8 Å². The van der Waals surface area contributed by atoms with Gasteiger partial charge >= 0.3 is 0 Å². The third-order valence-corrected chi connectivity index (χ3v) is 2.68. The van der Waals surface area contributed by atoms with Crippen LogP contribution in [0, 0.1) is 11.3 Å². The molecule has 2 unspecified atom stereocenters. The molecule has 1 N–H and O–H groups in total. The van der Waals surface area contributed by atoms with Crippen LogP contribution in [0.4, 0.5) is 0 Å². The van der Waals surface area contributed by atoms with E-state index in [-0.39, 0.29) is 0 Å². The molecule has 0 bridgehead atoms. The van der Waals surface area contributed by atoms with E-state index >= 15 is 0 Å². The normalized spacial score (nSPS) is 27.5. The Morgan fingerprint density at radius 1 is 1.42 bits per heavy atom. The molecule has 72 valence electrons. The second-order valence-electron chi connectivity index (χ2n) is 4.76. The summed E-state index contributed by atoms with van der Waals surface area (Å²) in [5.74, 6) is 0.704. The van der Waals surface area contributed by atoms with Gasteiger partial charge in [-0.3, -0.25) is 0 Å². The molecule has 1 aliphatic heterocycles. The first-order valence-electron chi connectivity index (χ1n) is 4.80. The maximum atomic E-state index is 5.40. The lowest BCUT2D eigenvalue weighted by atomic mass is 9.78. The molecule has 0 aromatic carbocycles. The highest BCUT2D eigenvalue weighted by Gasteiger charge is 2.32. The number of hydrogen-bond donors (Lipinski definition) is 1. The van der Waals surface area contributed by atoms with Crippen LogP contribution in [-0.4, -0.2) is 26.3 Å². The van der Waals surface area contributed by atoms with Gasteiger partial charge < -0.3 is 10.1 Å². The van der Waals surface area contributed by atoms with Crippen LogP contribution in [0.1, 0.15) is 27.2 Å². The summed E-state index contributed by atoms with van der Waals surface area (Å²) in [4.78, 5) is 0. The number of hydrogen-bond acceptors (Lipinski definition) is 2. The molecular weight excluding hydrogens is 150 g/mol. The first-order valence-corrected chi connectivity index (χ1v) is 4.80. The molecular formula is C10H21NO. The average Bonchev–Trinajstić information content (AvgIpc) is 2.38. The average molecular weight is 171 g/mol. The molecule has 0 aliphatic carbocycles. The minimum atomic E-state index is 0.340. The zero-order chi connectivity index (χ0) is 9.19. The van der Waals surface area contributed by atoms with E-state index in [0.29, 0.717) is 17.4 Å². The van der Waals surface area contributed by atoms with E-state index in [2.05, 4.69) is 26.1 Å². The third-order valence-electron chi connectivity index (χ3n) is 2.68. The first-order chi connectivity index (χ1) is 5.55. The van der Waals surface area contributed by atoms with Crippen LogP contribution in [0.2, 0.25) is 0 Å². The van der Waals surface area contributed by atoms with Crippen molar-refractivity contribution >= 4 is 0 Å². The molecule has 0 radical (unpaired) electrons. The van der Waals surface area contributed by atoms with Gasteiger partial charge in [0.2, 0.25) is 0 Å². The second kappa shape index (κ2) is 3.75. The topological polar surface area (TPSA) is 21.3 Å². The van der Waals surface area contributed by atoms with Crippen LogP contribution < -0.4 is 5.32 Å². The molecule has 0 saturated carbocycles. The van der Waals surface area contributed by atoms with Gasteiger partial charge in [0, 0.05) is 18.6 Å². The predicted octanol–water partition coefficient (Wildman–Crippen LogP) is 1.66. The maximum Gasteiger partial charge on any atom is 0.0510 e. The van der Waals surface area contributed by atoms with Crippen LogP contribution in [0.3, 0.4) is 0 Å². The van der Waals surface area contributed by atoms with Crippen LogP contribution >= 0.6 is 0 Å². The van der Waals surface area contributed by atoms with Crippen LogP contribution in [0.25, 0.3) is 0 Å². The van der Waals surface area contributed by atoms with E-state index in [9.17, 15) is 0 Å². The number of rotatable bonds is 2. The molecule has 0 amide bonds. The van der Waals surface area contributed by atoms with E-state index in [0.717, 1.165) is 13.2 Å². The van der Waals surface area contributed by atoms with Gasteiger partial charge in [-0.05, 0) is 18.9 Å². The Hall–Kier alpha value is -0.0800. The van der Waals surface area contributed by atoms with E-state index in [1.54, 1.807) is 0 Å². The largest absolute Gasteiger partial charge is 0.381 e. The Kier molecular flexibility index (Phi) is 3.13. The molecule has 1 aliphatic rings. The van der Waals surface area contributed by atoms with Crippen molar-refractivity contribution in [1.29, 1.82) is 0 Å². The summed E-state index contributed by atoms with van der Waals surface area (Å²) in [6.45, 7) is 8.73. The number of nitrogens with one attached hydrogen (secondary N) is 1. The molecule has 0 spiro atoms. The second-order valence-corrected chi connectivity index (χ2v) is 4.76. The molecule has 2 atom stereocenters. The van der Waals surface area contributed by atoms with Crippen LogP contribution in [-0.2, 0) is 4.74 Å². The highest BCUT2D eigenvalue weighted by molar-refractivity contribution is 4.87. The summed E-state index contributed by atoms with van der Waals surface area (Å²) >= 11 is 0. The van der Waals surface area contributed by atoms with Crippen LogP contribution in [0.15, 0.2) is 0 Å². The minimum absolute atomic E-state index is 0.340. The van der Waals surface area contributed by atoms with Crippen LogP contribution in [0.5, 0.6) is 0 Å². The van der Waals surface area contributed by atoms with Gasteiger partial charge in [0.15, 0.2) is 0 Å². The quantitative estimate of drug-likeness (QED) is 0.682. The lowest BCUT2D eigenvalue weighted by Crippen LogP contribution is -2.44. The van der Waals surface area contributed by atoms with Crippen molar-refractivity contribution in [1.82, 2.24) is 5.32 Å². The summed E-state index contributed by atoms with van der Waals surface area (Å²) in [5, 5.41) is 3.40. The SMILES string of the molecule is CNC(C1CCOC1)C(C)(C)C. The van der Waals surface area contributed by atoms with E-state index in [4.69, 9.17) is 4.74 Å². The molecule has 0 aromatic rings. The van der Waals surface area contributed by atoms with Crippen molar-refractivity contribution in [2.45, 2.75) is 33.2 Å². The molecule has 1 rings (SSSR count). The van der Waals surface area contributed by atoms with Crippen molar-refractivity contribution < 1.29 is 4.74 Å². The molecule has 1 heterocycles. The Balaban J connectivity index is 2.54. The summed E-state index contributed by atoms with van der Waals surface area (Å²) in [5.41, 5.74) is 0.340. The van der Waals surface area contributed by atoms with Gasteiger partial charge in [-0.15, -0.1) is 0 Å². The Morgan fingerprint density at radius 2 is 2.08 bits per heavy atom. The monoisotopic (exact) mass is 171 g/mol. The highest BCUT2D eigenvalue weighted by atomic mass is 16.5. The minimum Gasteiger partial charge on any atom is -0.381 e. The predicted molar refractivity (Wildman–Crippen MR) is 51.2 cm³/mol. The molecule has 12 heavy (non-hydrogen) atoms. The Morgan fingerprint density at radius 3 is 2.42 bits per heavy atom. The van der Waals surface area contributed by atoms with E-state index in [1.165, 1.54) is 6.42 Å². The summed E-state index contributed by atoms with van der Waals surface area (Å²) in [6, 6.07) is 0.583. The van der Waals surface area contributed by atoms with Crippen molar-refractivity contribution in [3.05, 3.63) is 0 Å². The van der Waals surface area contributed by atoms with E-state index in [1.807, 2.05) is 7.05 Å². The molecule has 1 saturated heterocycles. The maximum absolute atomic E-state index is 5.40. The molecule has 0 aromatic heterocycles. The van der Waals surface area contributed by atoms with Gasteiger partial charge in [0.25, 0.3) is 0 Å². The van der Waals surface area contributed by atoms with Gasteiger partial charge in [-0.25, -0.2) is 0 Å². The fourth-order valence-electron chi connectivity index (χ4n) is 2.19. The summed E-state index contributed by atoms with van der Waals surface area (Å²) in [6.07, 6.45) is 1.21. The standard InChI is InChI=1S/C10H21NO/c1-10(2,3)9(11-4)8-5-6-12-7-8/h8-9,11H,5-7H2,1-4H3. The summed E-state index contributed by atoms with van der Waals surface area (Å²) in [7, 11) is 2.05. The zero-order valence-electron chi connectivity index (χ0n) is 8.68. The fraction of sp³-hybridized carbons (Fsp3) is 1.00. The summed E-state index contributed by atoms with van der Waals surface area (Å²) < 4.78 is 5.40. The molecule has 2 nitrogen and oxygen atoms in total. The molecule has 1 fully saturated rings. The van der Waals surface area contributed by atoms with Gasteiger partial charge in [0.1, 0.15) is 0 Å². The Labute approximate surface area is 75.7 Å². The first kappa shape index (κ1) is 10.0. The van der Waals surface area contributed by atoms with E-state index < -0.39 is 0 Å². The lowest BCUT2D eigenvalue weighted by Gasteiger charge is -2.34. The highest BCUT2D eigenvalue weighted by Crippen LogP contribution is 2.29. The zero-order valence-corrected chi connectivity index (χ0v) is 8.68. The smallest absolute Gasteiger partial charge is 0.0510 e. The van der Waals surface area contributed by atoms with Crippen molar-refractivity contribution in [2.24, 2.45) is 11.3 Å².